The molecule has 1 saturated carbocycles. The van der Waals surface area contributed by atoms with Gasteiger partial charge >= 0.3 is 12.2 Å². The van der Waals surface area contributed by atoms with Gasteiger partial charge in [-0.05, 0) is 61.2 Å². The fourth-order valence-corrected chi connectivity index (χ4v) is 4.70. The van der Waals surface area contributed by atoms with E-state index < -0.39 is 11.7 Å². The minimum Gasteiger partial charge on any atom is -0.396 e. The molecule has 10 heteroatoms. The molecule has 2 aliphatic rings. The zero-order valence-corrected chi connectivity index (χ0v) is 20.9. The molecule has 0 radical (unpaired) electrons. The standard InChI is InChI=1S/C28H30F3N5O2/c29-28(30,31)21-6-2-5-20(17-21)25-11-10-24(32)26(34-25)36(23-8-3-9-23)27(37)33-22-7-1-4-19(16-22)18-35-12-14-38-15-13-35/h1-2,4-7,10-11,16-17,23H,3,8-9,12-15,18,32H2,(H,33,37). The van der Waals surface area contributed by atoms with Crippen LogP contribution in [0.3, 0.4) is 0 Å². The first-order valence-electron chi connectivity index (χ1n) is 12.7. The number of pyridine rings is 1. The van der Waals surface area contributed by atoms with Crippen LogP contribution in [0.25, 0.3) is 11.3 Å². The maximum absolute atomic E-state index is 13.6. The molecule has 5 rings (SSSR count). The van der Waals surface area contributed by atoms with Crippen LogP contribution in [0.15, 0.2) is 60.7 Å². The number of aromatic nitrogens is 1. The van der Waals surface area contributed by atoms with Crippen LogP contribution < -0.4 is 16.0 Å². The highest BCUT2D eigenvalue weighted by molar-refractivity contribution is 6.03. The second-order valence-corrected chi connectivity index (χ2v) is 9.66. The molecule has 0 spiro atoms. The Balaban J connectivity index is 1.40. The number of amides is 2. The van der Waals surface area contributed by atoms with Gasteiger partial charge < -0.3 is 15.8 Å². The number of nitrogen functional groups attached to an aromatic ring is 1. The molecular weight excluding hydrogens is 495 g/mol. The molecule has 1 aliphatic heterocycles. The summed E-state index contributed by atoms with van der Waals surface area (Å²) in [7, 11) is 0. The monoisotopic (exact) mass is 525 g/mol. The lowest BCUT2D eigenvalue weighted by Crippen LogP contribution is -2.47. The van der Waals surface area contributed by atoms with Gasteiger partial charge in [0.05, 0.1) is 30.2 Å². The van der Waals surface area contributed by atoms with E-state index in [4.69, 9.17) is 10.5 Å². The van der Waals surface area contributed by atoms with Gasteiger partial charge in [0.25, 0.3) is 0 Å². The number of halogens is 3. The molecule has 3 aromatic rings. The van der Waals surface area contributed by atoms with E-state index in [1.54, 1.807) is 23.1 Å². The van der Waals surface area contributed by atoms with Crippen LogP contribution >= 0.6 is 0 Å². The van der Waals surface area contributed by atoms with Crippen molar-refractivity contribution in [1.29, 1.82) is 0 Å². The second-order valence-electron chi connectivity index (χ2n) is 9.66. The minimum absolute atomic E-state index is 0.0990. The van der Waals surface area contributed by atoms with E-state index in [0.717, 1.165) is 56.6 Å². The number of nitrogens with two attached hydrogens (primary N) is 1. The van der Waals surface area contributed by atoms with Gasteiger partial charge in [-0.25, -0.2) is 9.78 Å². The zero-order valence-electron chi connectivity index (χ0n) is 20.9. The average Bonchev–Trinajstić information content (AvgIpc) is 2.87. The number of nitrogens with zero attached hydrogens (tertiary/aromatic N) is 3. The van der Waals surface area contributed by atoms with E-state index in [0.29, 0.717) is 30.2 Å². The maximum Gasteiger partial charge on any atom is 0.416 e. The summed E-state index contributed by atoms with van der Waals surface area (Å²) in [6.07, 6.45) is -1.92. The highest BCUT2D eigenvalue weighted by atomic mass is 19.4. The third kappa shape index (κ3) is 5.92. The van der Waals surface area contributed by atoms with E-state index in [2.05, 4.69) is 15.2 Å². The van der Waals surface area contributed by atoms with Gasteiger partial charge in [-0.1, -0.05) is 24.3 Å². The highest BCUT2D eigenvalue weighted by Gasteiger charge is 2.33. The van der Waals surface area contributed by atoms with Crippen LogP contribution in [0.1, 0.15) is 30.4 Å². The van der Waals surface area contributed by atoms with Gasteiger partial charge in [0.1, 0.15) is 0 Å². The predicted molar refractivity (Wildman–Crippen MR) is 141 cm³/mol. The number of rotatable bonds is 6. The molecule has 2 aromatic carbocycles. The zero-order chi connectivity index (χ0) is 26.7. The van der Waals surface area contributed by atoms with Crippen molar-refractivity contribution < 1.29 is 22.7 Å². The van der Waals surface area contributed by atoms with Gasteiger partial charge in [-0.2, -0.15) is 13.2 Å². The fourth-order valence-electron chi connectivity index (χ4n) is 4.70. The molecule has 7 nitrogen and oxygen atoms in total. The van der Waals surface area contributed by atoms with Crippen LogP contribution in [0.5, 0.6) is 0 Å². The molecule has 2 fully saturated rings. The summed E-state index contributed by atoms with van der Waals surface area (Å²) in [5, 5.41) is 2.98. The average molecular weight is 526 g/mol. The van der Waals surface area contributed by atoms with Gasteiger partial charge in [-0.3, -0.25) is 9.80 Å². The van der Waals surface area contributed by atoms with Crippen LogP contribution in [0, 0.1) is 0 Å². The number of hydrogen-bond acceptors (Lipinski definition) is 5. The molecule has 3 N–H and O–H groups in total. The molecular formula is C28H30F3N5O2. The Morgan fingerprint density at radius 3 is 2.55 bits per heavy atom. The van der Waals surface area contributed by atoms with Crippen molar-refractivity contribution in [1.82, 2.24) is 9.88 Å². The van der Waals surface area contributed by atoms with Gasteiger partial charge in [0.2, 0.25) is 0 Å². The Bertz CT molecular complexity index is 1290. The first-order chi connectivity index (χ1) is 18.3. The number of anilines is 3. The van der Waals surface area contributed by atoms with Crippen molar-refractivity contribution in [2.75, 3.05) is 42.3 Å². The normalized spacial score (nSPS) is 16.6. The lowest BCUT2D eigenvalue weighted by molar-refractivity contribution is -0.137. The second kappa shape index (κ2) is 11.0. The van der Waals surface area contributed by atoms with E-state index in [1.165, 1.54) is 6.07 Å². The lowest BCUT2D eigenvalue weighted by Gasteiger charge is -2.37. The molecule has 1 aromatic heterocycles. The van der Waals surface area contributed by atoms with Crippen LogP contribution in [0.4, 0.5) is 35.2 Å². The van der Waals surface area contributed by atoms with Crippen molar-refractivity contribution in [3.05, 3.63) is 71.8 Å². The number of morpholine rings is 1. The summed E-state index contributed by atoms with van der Waals surface area (Å²) in [4.78, 5) is 22.0. The minimum atomic E-state index is -4.47. The third-order valence-electron chi connectivity index (χ3n) is 6.97. The summed E-state index contributed by atoms with van der Waals surface area (Å²) >= 11 is 0. The highest BCUT2D eigenvalue weighted by Crippen LogP contribution is 2.36. The number of carbonyl (C=O) groups is 1. The Morgan fingerprint density at radius 2 is 1.84 bits per heavy atom. The van der Waals surface area contributed by atoms with E-state index in [-0.39, 0.29) is 23.6 Å². The Hall–Kier alpha value is -3.63. The molecule has 1 saturated heterocycles. The number of nitrogens with one attached hydrogen (secondary N) is 1. The number of ether oxygens (including phenoxy) is 1. The number of benzene rings is 2. The molecule has 2 heterocycles. The van der Waals surface area contributed by atoms with Gasteiger partial charge in [0.15, 0.2) is 5.82 Å². The smallest absolute Gasteiger partial charge is 0.396 e. The van der Waals surface area contributed by atoms with E-state index in [1.807, 2.05) is 24.3 Å². The number of alkyl halides is 3. The molecule has 1 aliphatic carbocycles. The summed E-state index contributed by atoms with van der Waals surface area (Å²) in [6.45, 7) is 3.90. The summed E-state index contributed by atoms with van der Waals surface area (Å²) in [5.41, 5.74) is 8.11. The van der Waals surface area contributed by atoms with Gasteiger partial charge in [-0.15, -0.1) is 0 Å². The number of urea groups is 1. The largest absolute Gasteiger partial charge is 0.416 e. The Kier molecular flexibility index (Phi) is 7.53. The number of hydrogen-bond donors (Lipinski definition) is 2. The van der Waals surface area contributed by atoms with Crippen molar-refractivity contribution in [2.45, 2.75) is 38.0 Å². The molecule has 0 bridgehead atoms. The summed E-state index contributed by atoms with van der Waals surface area (Å²) in [5.74, 6) is 0.242. The topological polar surface area (TPSA) is 83.7 Å². The SMILES string of the molecule is Nc1ccc(-c2cccc(C(F)(F)F)c2)nc1N(C(=O)Nc1cccc(CN2CCOCC2)c1)C1CCC1. The van der Waals surface area contributed by atoms with Crippen LogP contribution in [0.2, 0.25) is 0 Å². The Morgan fingerprint density at radius 1 is 1.08 bits per heavy atom. The van der Waals surface area contributed by atoms with Crippen molar-refractivity contribution in [2.24, 2.45) is 0 Å². The maximum atomic E-state index is 13.6. The van der Waals surface area contributed by atoms with Gasteiger partial charge in [0, 0.05) is 36.9 Å². The number of carbonyl (C=O) groups excluding carboxylic acids is 1. The first kappa shape index (κ1) is 26.0. The molecule has 0 unspecified atom stereocenters. The van der Waals surface area contributed by atoms with E-state index >= 15 is 0 Å². The first-order valence-corrected chi connectivity index (χ1v) is 12.7. The summed E-state index contributed by atoms with van der Waals surface area (Å²) in [6, 6.07) is 15.3. The fraction of sp³-hybridized carbons (Fsp3) is 0.357. The van der Waals surface area contributed by atoms with Crippen molar-refractivity contribution in [3.63, 3.8) is 0 Å². The quantitative estimate of drug-likeness (QED) is 0.427. The van der Waals surface area contributed by atoms with Crippen LogP contribution in [-0.4, -0.2) is 48.3 Å². The third-order valence-corrected chi connectivity index (χ3v) is 6.97. The molecule has 0 atom stereocenters. The molecule has 38 heavy (non-hydrogen) atoms. The lowest BCUT2D eigenvalue weighted by atomic mass is 9.91. The van der Waals surface area contributed by atoms with Crippen LogP contribution in [-0.2, 0) is 17.5 Å². The summed E-state index contributed by atoms with van der Waals surface area (Å²) < 4.78 is 45.2. The molecule has 200 valence electrons. The predicted octanol–water partition coefficient (Wildman–Crippen LogP) is 5.77. The van der Waals surface area contributed by atoms with Crippen molar-refractivity contribution in [3.8, 4) is 11.3 Å². The Labute approximate surface area is 219 Å². The van der Waals surface area contributed by atoms with Crippen molar-refractivity contribution >= 4 is 23.2 Å². The van der Waals surface area contributed by atoms with E-state index in [9.17, 15) is 18.0 Å². The molecule has 2 amide bonds.